The average Bonchev–Trinajstić information content (AvgIpc) is 3.37. The van der Waals surface area contributed by atoms with Crippen LogP contribution in [-0.4, -0.2) is 23.3 Å². The summed E-state index contributed by atoms with van der Waals surface area (Å²) in [5.74, 6) is 1.72. The van der Waals surface area contributed by atoms with E-state index in [1.165, 1.54) is 83.5 Å². The van der Waals surface area contributed by atoms with Crippen LogP contribution < -0.4 is 0 Å². The topological polar surface area (TPSA) is 26.3 Å². The molecule has 3 atom stereocenters. The van der Waals surface area contributed by atoms with E-state index in [1.807, 2.05) is 6.29 Å². The molecule has 0 spiro atoms. The standard InChI is InChI=1S/C27H46Cl2O2/c28-27(29,19-13-9-10-14-20-30)18-12-8-6-4-2-1-3-5-7-11-15-21-31-26-23-24-16-17-25(26)22-24/h16,24-26H,1-15,17-19,21-23H2. The molecule has 0 N–H and O–H groups in total. The first kappa shape index (κ1) is 27.5. The van der Waals surface area contributed by atoms with Gasteiger partial charge in [-0.2, -0.15) is 0 Å². The number of rotatable bonds is 21. The van der Waals surface area contributed by atoms with Crippen molar-refractivity contribution in [2.24, 2.45) is 11.8 Å². The summed E-state index contributed by atoms with van der Waals surface area (Å²) in [5.41, 5.74) is 0. The molecule has 2 fully saturated rings. The summed E-state index contributed by atoms with van der Waals surface area (Å²) in [5, 5.41) is 0. The van der Waals surface area contributed by atoms with Gasteiger partial charge in [-0.25, -0.2) is 0 Å². The van der Waals surface area contributed by atoms with Gasteiger partial charge in [0.15, 0.2) is 6.29 Å². The normalized spacial score (nSPS) is 23.0. The maximum absolute atomic E-state index is 10.2. The van der Waals surface area contributed by atoms with Crippen LogP contribution in [0.3, 0.4) is 0 Å². The fraction of sp³-hybridized carbons (Fsp3) is 0.926. The third-order valence-electron chi connectivity index (χ3n) is 7.28. The van der Waals surface area contributed by atoms with E-state index in [0.717, 1.165) is 57.0 Å². The number of alkyl halides is 2. The highest BCUT2D eigenvalue weighted by Gasteiger charge is 2.40. The summed E-state index contributed by atoms with van der Waals surface area (Å²) in [4.78, 5) is 10.2. The van der Waals surface area contributed by atoms with Gasteiger partial charge in [-0.15, -0.1) is 23.2 Å². The lowest BCUT2D eigenvalue weighted by Crippen LogP contribution is -2.21. The molecule has 2 nitrogen and oxygen atoms in total. The Labute approximate surface area is 202 Å². The molecule has 2 bridgehead atoms. The Morgan fingerprint density at radius 1 is 0.774 bits per heavy atom. The van der Waals surface area contributed by atoms with Crippen molar-refractivity contribution in [3.05, 3.63) is 6.42 Å². The molecule has 0 aromatic carbocycles. The molecule has 2 rings (SSSR count). The molecule has 0 aliphatic heterocycles. The first-order valence-electron chi connectivity index (χ1n) is 13.3. The lowest BCUT2D eigenvalue weighted by molar-refractivity contribution is 0.0198. The molecule has 2 aliphatic rings. The van der Waals surface area contributed by atoms with Crippen LogP contribution in [-0.2, 0) is 9.53 Å². The van der Waals surface area contributed by atoms with Gasteiger partial charge in [-0.05, 0) is 63.2 Å². The number of carbonyl (C=O) groups excluding carboxylic acids is 1. The molecular formula is C27H46Cl2O2. The Bertz CT molecular complexity index is 455. The molecule has 0 heterocycles. The minimum absolute atomic E-state index is 0.534. The van der Waals surface area contributed by atoms with E-state index in [1.54, 1.807) is 0 Å². The smallest absolute Gasteiger partial charge is 0.198 e. The van der Waals surface area contributed by atoms with E-state index in [4.69, 9.17) is 27.9 Å². The van der Waals surface area contributed by atoms with Crippen LogP contribution in [0.2, 0.25) is 0 Å². The van der Waals surface area contributed by atoms with Crippen molar-refractivity contribution in [2.45, 2.75) is 139 Å². The molecule has 0 aromatic rings. The summed E-state index contributed by atoms with van der Waals surface area (Å²) in [6.45, 7) is 0.985. The van der Waals surface area contributed by atoms with Gasteiger partial charge < -0.3 is 4.74 Å². The molecule has 4 heteroatoms. The predicted molar refractivity (Wildman–Crippen MR) is 133 cm³/mol. The number of ether oxygens (including phenoxy) is 1. The van der Waals surface area contributed by atoms with E-state index < -0.39 is 4.33 Å². The van der Waals surface area contributed by atoms with Crippen molar-refractivity contribution in [2.75, 3.05) is 6.61 Å². The van der Waals surface area contributed by atoms with Crippen LogP contribution in [0.1, 0.15) is 128 Å². The Balaban J connectivity index is 1.26. The highest BCUT2D eigenvalue weighted by molar-refractivity contribution is 6.48. The number of hydrogen-bond acceptors (Lipinski definition) is 2. The molecule has 3 unspecified atom stereocenters. The van der Waals surface area contributed by atoms with Crippen LogP contribution in [0.5, 0.6) is 0 Å². The van der Waals surface area contributed by atoms with Crippen molar-refractivity contribution in [3.63, 3.8) is 0 Å². The molecule has 0 aromatic heterocycles. The maximum atomic E-state index is 10.2. The summed E-state index contributed by atoms with van der Waals surface area (Å²) in [6.07, 6.45) is 28.7. The van der Waals surface area contributed by atoms with Crippen LogP contribution in [0, 0.1) is 18.3 Å². The van der Waals surface area contributed by atoms with Crippen molar-refractivity contribution < 1.29 is 9.53 Å². The van der Waals surface area contributed by atoms with Crippen molar-refractivity contribution in [3.8, 4) is 0 Å². The van der Waals surface area contributed by atoms with E-state index in [2.05, 4.69) is 6.42 Å². The zero-order chi connectivity index (χ0) is 22.2. The lowest BCUT2D eigenvalue weighted by Gasteiger charge is -2.21. The summed E-state index contributed by atoms with van der Waals surface area (Å²) in [7, 11) is 0. The molecule has 2 saturated carbocycles. The highest BCUT2D eigenvalue weighted by Crippen LogP contribution is 2.45. The van der Waals surface area contributed by atoms with Gasteiger partial charge in [0.2, 0.25) is 0 Å². The van der Waals surface area contributed by atoms with Crippen LogP contribution >= 0.6 is 23.2 Å². The Morgan fingerprint density at radius 2 is 1.32 bits per heavy atom. The van der Waals surface area contributed by atoms with E-state index in [-0.39, 0.29) is 0 Å². The average molecular weight is 474 g/mol. The van der Waals surface area contributed by atoms with E-state index >= 15 is 0 Å². The van der Waals surface area contributed by atoms with Gasteiger partial charge in [-0.3, -0.25) is 4.79 Å². The monoisotopic (exact) mass is 472 g/mol. The Kier molecular flexibility index (Phi) is 14.8. The van der Waals surface area contributed by atoms with Gasteiger partial charge in [-0.1, -0.05) is 77.0 Å². The first-order chi connectivity index (χ1) is 15.1. The third kappa shape index (κ3) is 12.9. The van der Waals surface area contributed by atoms with Crippen molar-refractivity contribution >= 4 is 29.5 Å². The molecule has 0 amide bonds. The van der Waals surface area contributed by atoms with Gasteiger partial charge in [0, 0.05) is 13.0 Å². The number of fused-ring (bicyclic) bond motifs is 2. The minimum Gasteiger partial charge on any atom is -0.378 e. The fourth-order valence-corrected chi connectivity index (χ4v) is 5.87. The predicted octanol–water partition coefficient (Wildman–Crippen LogP) is 8.92. The quantitative estimate of drug-likeness (QED) is 0.123. The molecule has 31 heavy (non-hydrogen) atoms. The largest absolute Gasteiger partial charge is 0.378 e. The first-order valence-corrected chi connectivity index (χ1v) is 14.0. The summed E-state index contributed by atoms with van der Waals surface area (Å²) < 4.78 is 5.56. The third-order valence-corrected chi connectivity index (χ3v) is 8.03. The number of unbranched alkanes of at least 4 members (excludes halogenated alkanes) is 13. The Morgan fingerprint density at radius 3 is 1.84 bits per heavy atom. The molecule has 180 valence electrons. The summed E-state index contributed by atoms with van der Waals surface area (Å²) in [6, 6.07) is 0. The Hall–Kier alpha value is 0.210. The number of halogens is 2. The zero-order valence-corrected chi connectivity index (χ0v) is 21.2. The second kappa shape index (κ2) is 16.8. The SMILES string of the molecule is O=[C]CCCCCC(Cl)(Cl)CCCCCCCCCCCCCOC1CC2[CH]CC1C2. The maximum Gasteiger partial charge on any atom is 0.198 e. The fourth-order valence-electron chi connectivity index (χ4n) is 5.33. The second-order valence-electron chi connectivity index (χ2n) is 10.1. The lowest BCUT2D eigenvalue weighted by atomic mass is 9.98. The summed E-state index contributed by atoms with van der Waals surface area (Å²) >= 11 is 12.8. The van der Waals surface area contributed by atoms with E-state index in [0.29, 0.717) is 12.5 Å². The minimum atomic E-state index is -0.578. The molecule has 2 aliphatic carbocycles. The second-order valence-corrected chi connectivity index (χ2v) is 11.7. The highest BCUT2D eigenvalue weighted by atomic mass is 35.5. The van der Waals surface area contributed by atoms with Crippen LogP contribution in [0.15, 0.2) is 0 Å². The van der Waals surface area contributed by atoms with Crippen molar-refractivity contribution in [1.29, 1.82) is 0 Å². The van der Waals surface area contributed by atoms with Gasteiger partial charge >= 0.3 is 0 Å². The van der Waals surface area contributed by atoms with Gasteiger partial charge in [0.05, 0.1) is 6.10 Å². The molecular weight excluding hydrogens is 427 g/mol. The zero-order valence-electron chi connectivity index (χ0n) is 19.7. The van der Waals surface area contributed by atoms with Gasteiger partial charge in [0.1, 0.15) is 4.33 Å². The van der Waals surface area contributed by atoms with Crippen LogP contribution in [0.25, 0.3) is 0 Å². The number of hydrogen-bond donors (Lipinski definition) is 0. The van der Waals surface area contributed by atoms with Crippen LogP contribution in [0.4, 0.5) is 0 Å². The van der Waals surface area contributed by atoms with Gasteiger partial charge in [0.25, 0.3) is 0 Å². The van der Waals surface area contributed by atoms with E-state index in [9.17, 15) is 4.79 Å². The molecule has 2 radical (unpaired) electrons. The van der Waals surface area contributed by atoms with Crippen molar-refractivity contribution in [1.82, 2.24) is 0 Å². The molecule has 0 saturated heterocycles.